The summed E-state index contributed by atoms with van der Waals surface area (Å²) in [6.07, 6.45) is 1.03. The van der Waals surface area contributed by atoms with Gasteiger partial charge in [0.15, 0.2) is 5.82 Å². The van der Waals surface area contributed by atoms with Crippen molar-refractivity contribution in [2.75, 3.05) is 26.2 Å². The molecule has 3 aromatic rings. The smallest absolute Gasteiger partial charge is 0.222 e. The van der Waals surface area contributed by atoms with Gasteiger partial charge < -0.3 is 16.4 Å². The summed E-state index contributed by atoms with van der Waals surface area (Å²) in [5.41, 5.74) is 9.52. The van der Waals surface area contributed by atoms with Gasteiger partial charge in [-0.1, -0.05) is 23.7 Å². The first-order chi connectivity index (χ1) is 16.4. The number of aliphatic imine (C=N–C) groups is 1. The second-order valence-corrected chi connectivity index (χ2v) is 9.99. The fourth-order valence-electron chi connectivity index (χ4n) is 4.05. The lowest BCUT2D eigenvalue weighted by molar-refractivity contribution is -0.121. The van der Waals surface area contributed by atoms with Crippen LogP contribution in [0.4, 0.5) is 0 Å². The van der Waals surface area contributed by atoms with Crippen LogP contribution in [0.2, 0.25) is 5.02 Å². The summed E-state index contributed by atoms with van der Waals surface area (Å²) >= 11 is 7.85. The molecule has 0 bridgehead atoms. The zero-order chi connectivity index (χ0) is 24.2. The molecule has 1 unspecified atom stereocenters. The van der Waals surface area contributed by atoms with Gasteiger partial charge in [-0.15, -0.1) is 21.5 Å². The third-order valence-electron chi connectivity index (χ3n) is 5.91. The van der Waals surface area contributed by atoms with E-state index in [2.05, 4.69) is 39.2 Å². The molecule has 1 atom stereocenters. The predicted octanol–water partition coefficient (Wildman–Crippen LogP) is 3.24. The molecule has 0 saturated carbocycles. The van der Waals surface area contributed by atoms with Crippen LogP contribution in [0.15, 0.2) is 29.3 Å². The minimum Gasteiger partial charge on any atom is -0.356 e. The number of benzene rings is 1. The van der Waals surface area contributed by atoms with Gasteiger partial charge in [0, 0.05) is 40.7 Å². The zero-order valence-corrected chi connectivity index (χ0v) is 21.3. The molecule has 4 rings (SSSR count). The van der Waals surface area contributed by atoms with Crippen molar-refractivity contribution >= 4 is 34.6 Å². The van der Waals surface area contributed by atoms with E-state index < -0.39 is 6.04 Å². The van der Waals surface area contributed by atoms with Crippen LogP contribution in [0.3, 0.4) is 0 Å². The Balaban J connectivity index is 1.67. The van der Waals surface area contributed by atoms with E-state index in [1.807, 2.05) is 31.2 Å². The highest BCUT2D eigenvalue weighted by atomic mass is 35.5. The van der Waals surface area contributed by atoms with Gasteiger partial charge in [-0.25, -0.2) is 0 Å². The largest absolute Gasteiger partial charge is 0.356 e. The van der Waals surface area contributed by atoms with Crippen molar-refractivity contribution in [1.29, 1.82) is 0 Å². The number of carbonyl (C=O) groups is 1. The normalized spacial score (nSPS) is 14.9. The van der Waals surface area contributed by atoms with Crippen LogP contribution < -0.4 is 16.4 Å². The fraction of sp³-hybridized carbons (Fsp3) is 0.417. The number of carbonyl (C=O) groups excluding carboxylic acids is 1. The lowest BCUT2D eigenvalue weighted by Gasteiger charge is -2.13. The Morgan fingerprint density at radius 3 is 2.65 bits per heavy atom. The van der Waals surface area contributed by atoms with Gasteiger partial charge in [-0.2, -0.15) is 0 Å². The molecular formula is C24H30ClN7OS. The van der Waals surface area contributed by atoms with Gasteiger partial charge in [0.25, 0.3) is 0 Å². The molecule has 1 aromatic carbocycles. The first-order valence-corrected chi connectivity index (χ1v) is 12.6. The maximum atomic E-state index is 12.9. The van der Waals surface area contributed by atoms with E-state index in [4.69, 9.17) is 22.3 Å². The number of halogens is 1. The SMILES string of the molecule is Cc1sc2c(c1C)C(c1ccc(Cl)cc1)=NC(CC(=O)NCCCNCCN)c1nnc(C)n1-2. The van der Waals surface area contributed by atoms with Crippen LogP contribution in [0.25, 0.3) is 5.00 Å². The lowest BCUT2D eigenvalue weighted by atomic mass is 9.99. The number of fused-ring (bicyclic) bond motifs is 3. The van der Waals surface area contributed by atoms with Gasteiger partial charge in [-0.05, 0) is 51.4 Å². The monoisotopic (exact) mass is 499 g/mol. The quantitative estimate of drug-likeness (QED) is 0.391. The van der Waals surface area contributed by atoms with E-state index in [1.165, 1.54) is 10.4 Å². The van der Waals surface area contributed by atoms with Crippen LogP contribution in [-0.4, -0.2) is 52.6 Å². The van der Waals surface area contributed by atoms with Gasteiger partial charge in [-0.3, -0.25) is 14.4 Å². The van der Waals surface area contributed by atoms with Crippen molar-refractivity contribution in [3.8, 4) is 5.00 Å². The average Bonchev–Trinajstić information content (AvgIpc) is 3.29. The number of hydrogen-bond acceptors (Lipinski definition) is 7. The Kier molecular flexibility index (Phi) is 7.77. The molecule has 2 aromatic heterocycles. The second kappa shape index (κ2) is 10.8. The minimum atomic E-state index is -0.457. The number of amides is 1. The summed E-state index contributed by atoms with van der Waals surface area (Å²) in [5.74, 6) is 1.40. The molecule has 0 fully saturated rings. The number of aromatic nitrogens is 3. The molecule has 0 aliphatic carbocycles. The number of aryl methyl sites for hydroxylation is 2. The van der Waals surface area contributed by atoms with Gasteiger partial charge in [0.05, 0.1) is 12.1 Å². The number of nitrogens with one attached hydrogen (secondary N) is 2. The molecule has 34 heavy (non-hydrogen) atoms. The van der Waals surface area contributed by atoms with Crippen molar-refractivity contribution in [3.63, 3.8) is 0 Å². The predicted molar refractivity (Wildman–Crippen MR) is 137 cm³/mol. The van der Waals surface area contributed by atoms with E-state index in [0.29, 0.717) is 23.9 Å². The molecule has 0 radical (unpaired) electrons. The van der Waals surface area contributed by atoms with Crippen LogP contribution in [0, 0.1) is 20.8 Å². The van der Waals surface area contributed by atoms with Crippen LogP contribution in [0.5, 0.6) is 0 Å². The topological polar surface area (TPSA) is 110 Å². The fourth-order valence-corrected chi connectivity index (χ4v) is 5.39. The summed E-state index contributed by atoms with van der Waals surface area (Å²) in [6.45, 7) is 8.94. The summed E-state index contributed by atoms with van der Waals surface area (Å²) < 4.78 is 2.06. The third kappa shape index (κ3) is 5.07. The van der Waals surface area contributed by atoms with Gasteiger partial charge in [0.2, 0.25) is 5.91 Å². The molecule has 10 heteroatoms. The van der Waals surface area contributed by atoms with Crippen LogP contribution in [-0.2, 0) is 4.79 Å². The van der Waals surface area contributed by atoms with E-state index in [1.54, 1.807) is 11.3 Å². The van der Waals surface area contributed by atoms with Crippen molar-refractivity contribution in [1.82, 2.24) is 25.4 Å². The number of hydrogen-bond donors (Lipinski definition) is 3. The van der Waals surface area contributed by atoms with Crippen molar-refractivity contribution < 1.29 is 4.79 Å². The number of nitrogens with two attached hydrogens (primary N) is 1. The maximum absolute atomic E-state index is 12.9. The van der Waals surface area contributed by atoms with E-state index in [9.17, 15) is 4.79 Å². The van der Waals surface area contributed by atoms with Gasteiger partial charge in [0.1, 0.15) is 16.9 Å². The Bertz CT molecular complexity index is 1200. The first kappa shape index (κ1) is 24.5. The molecule has 4 N–H and O–H groups in total. The number of thiophene rings is 1. The third-order valence-corrected chi connectivity index (χ3v) is 7.35. The highest BCUT2D eigenvalue weighted by Gasteiger charge is 2.32. The molecule has 1 aliphatic heterocycles. The van der Waals surface area contributed by atoms with E-state index >= 15 is 0 Å². The highest BCUT2D eigenvalue weighted by molar-refractivity contribution is 7.15. The summed E-state index contributed by atoms with van der Waals surface area (Å²) in [4.78, 5) is 19.2. The number of rotatable bonds is 9. The van der Waals surface area contributed by atoms with Crippen molar-refractivity contribution in [3.05, 3.63) is 62.5 Å². The van der Waals surface area contributed by atoms with E-state index in [-0.39, 0.29) is 12.3 Å². The summed E-state index contributed by atoms with van der Waals surface area (Å²) in [7, 11) is 0. The molecule has 8 nitrogen and oxygen atoms in total. The van der Waals surface area contributed by atoms with E-state index in [0.717, 1.165) is 47.2 Å². The Morgan fingerprint density at radius 2 is 1.91 bits per heavy atom. The average molecular weight is 500 g/mol. The second-order valence-electron chi connectivity index (χ2n) is 8.35. The summed E-state index contributed by atoms with van der Waals surface area (Å²) in [6, 6.07) is 7.22. The van der Waals surface area contributed by atoms with Gasteiger partial charge >= 0.3 is 0 Å². The van der Waals surface area contributed by atoms with Crippen molar-refractivity contribution in [2.45, 2.75) is 39.7 Å². The van der Waals surface area contributed by atoms with Crippen LogP contribution >= 0.6 is 22.9 Å². The molecular weight excluding hydrogens is 470 g/mol. The molecule has 1 amide bonds. The maximum Gasteiger partial charge on any atom is 0.222 e. The lowest BCUT2D eigenvalue weighted by Crippen LogP contribution is -2.30. The minimum absolute atomic E-state index is 0.0617. The Labute approximate surface area is 208 Å². The standard InChI is InChI=1S/C24H30ClN7OS/c1-14-15(2)34-24-21(14)22(17-5-7-18(25)8-6-17)29-19(23-31-30-16(3)32(23)24)13-20(33)28-11-4-10-27-12-9-26/h5-8,19,27H,4,9-13,26H2,1-3H3,(H,28,33). The molecule has 3 heterocycles. The Morgan fingerprint density at radius 1 is 1.15 bits per heavy atom. The van der Waals surface area contributed by atoms with Crippen molar-refractivity contribution in [2.24, 2.45) is 10.7 Å². The Hall–Kier alpha value is -2.59. The first-order valence-electron chi connectivity index (χ1n) is 11.4. The molecule has 0 saturated heterocycles. The highest BCUT2D eigenvalue weighted by Crippen LogP contribution is 2.39. The molecule has 180 valence electrons. The zero-order valence-electron chi connectivity index (χ0n) is 19.7. The molecule has 1 aliphatic rings. The summed E-state index contributed by atoms with van der Waals surface area (Å²) in [5, 5.41) is 16.7. The molecule has 0 spiro atoms. The van der Waals surface area contributed by atoms with Crippen LogP contribution in [0.1, 0.15) is 52.1 Å². The number of nitrogens with zero attached hydrogens (tertiary/aromatic N) is 4.